The molecule has 1 aliphatic heterocycles. The van der Waals surface area contributed by atoms with Gasteiger partial charge in [0.15, 0.2) is 5.17 Å². The third-order valence-electron chi connectivity index (χ3n) is 3.81. The van der Waals surface area contributed by atoms with Crippen molar-refractivity contribution in [1.29, 1.82) is 0 Å². The highest BCUT2D eigenvalue weighted by atomic mass is 32.2. The Hall–Kier alpha value is -2.60. The van der Waals surface area contributed by atoms with Crippen LogP contribution in [0.4, 0.5) is 5.69 Å². The lowest BCUT2D eigenvalue weighted by molar-refractivity contribution is -0.118. The Balaban J connectivity index is 1.59. The van der Waals surface area contributed by atoms with Crippen molar-refractivity contribution in [3.63, 3.8) is 0 Å². The smallest absolute Gasteiger partial charge is 0.239 e. The first-order valence-corrected chi connectivity index (χ1v) is 8.89. The van der Waals surface area contributed by atoms with Crippen molar-refractivity contribution >= 4 is 34.7 Å². The molecule has 0 bridgehead atoms. The lowest BCUT2D eigenvalue weighted by Gasteiger charge is -2.11. The number of hydrogen-bond donors (Lipinski definition) is 1. The van der Waals surface area contributed by atoms with Gasteiger partial charge in [-0.3, -0.25) is 4.79 Å². The first kappa shape index (κ1) is 17.2. The maximum atomic E-state index is 12.1. The van der Waals surface area contributed by atoms with Crippen molar-refractivity contribution < 1.29 is 4.79 Å². The molecule has 1 N–H and O–H groups in total. The molecular weight excluding hydrogens is 332 g/mol. The summed E-state index contributed by atoms with van der Waals surface area (Å²) in [5.41, 5.74) is 3.23. The molecule has 128 valence electrons. The zero-order valence-electron chi connectivity index (χ0n) is 14.2. The summed E-state index contributed by atoms with van der Waals surface area (Å²) in [5.74, 6) is -0.0156. The summed E-state index contributed by atoms with van der Waals surface area (Å²) in [7, 11) is 4.00. The second-order valence-electron chi connectivity index (χ2n) is 5.92. The van der Waals surface area contributed by atoms with Crippen molar-refractivity contribution in [3.8, 4) is 0 Å². The number of carbonyl (C=O) groups is 1. The molecular formula is C19H20N4OS. The molecule has 1 fully saturated rings. The lowest BCUT2D eigenvalue weighted by Crippen LogP contribution is -2.25. The van der Waals surface area contributed by atoms with E-state index in [1.54, 1.807) is 6.21 Å². The predicted molar refractivity (Wildman–Crippen MR) is 105 cm³/mol. The number of carbonyl (C=O) groups excluding carboxylic acids is 1. The molecule has 1 unspecified atom stereocenters. The largest absolute Gasteiger partial charge is 0.378 e. The van der Waals surface area contributed by atoms with Crippen molar-refractivity contribution in [2.24, 2.45) is 10.2 Å². The number of rotatable bonds is 5. The van der Waals surface area contributed by atoms with E-state index in [0.717, 1.165) is 16.8 Å². The SMILES string of the molecule is CN(C)c1ccc(/C=N/N=C2\NC(=O)C(Cc3ccccc3)S2)cc1. The summed E-state index contributed by atoms with van der Waals surface area (Å²) >= 11 is 1.42. The molecule has 25 heavy (non-hydrogen) atoms. The molecule has 1 atom stereocenters. The van der Waals surface area contributed by atoms with Gasteiger partial charge in [0.05, 0.1) is 11.5 Å². The maximum Gasteiger partial charge on any atom is 0.239 e. The van der Waals surface area contributed by atoms with Crippen LogP contribution in [0, 0.1) is 0 Å². The van der Waals surface area contributed by atoms with E-state index in [-0.39, 0.29) is 11.2 Å². The monoisotopic (exact) mass is 352 g/mol. The Morgan fingerprint density at radius 3 is 2.52 bits per heavy atom. The van der Waals surface area contributed by atoms with Gasteiger partial charge in [-0.1, -0.05) is 54.2 Å². The van der Waals surface area contributed by atoms with Crippen LogP contribution in [-0.2, 0) is 11.2 Å². The van der Waals surface area contributed by atoms with E-state index in [1.165, 1.54) is 11.8 Å². The summed E-state index contributed by atoms with van der Waals surface area (Å²) in [6.45, 7) is 0. The molecule has 3 rings (SSSR count). The van der Waals surface area contributed by atoms with E-state index >= 15 is 0 Å². The highest BCUT2D eigenvalue weighted by molar-refractivity contribution is 8.15. The topological polar surface area (TPSA) is 57.1 Å². The molecule has 0 aromatic heterocycles. The Morgan fingerprint density at radius 1 is 1.12 bits per heavy atom. The van der Waals surface area contributed by atoms with Crippen molar-refractivity contribution in [2.75, 3.05) is 19.0 Å². The molecule has 0 radical (unpaired) electrons. The lowest BCUT2D eigenvalue weighted by atomic mass is 10.1. The van der Waals surface area contributed by atoms with Crippen LogP contribution in [0.5, 0.6) is 0 Å². The number of nitrogens with one attached hydrogen (secondary N) is 1. The van der Waals surface area contributed by atoms with E-state index in [4.69, 9.17) is 0 Å². The predicted octanol–water partition coefficient (Wildman–Crippen LogP) is 2.92. The molecule has 6 heteroatoms. The minimum Gasteiger partial charge on any atom is -0.378 e. The third kappa shape index (κ3) is 4.70. The first-order valence-electron chi connectivity index (χ1n) is 8.01. The van der Waals surface area contributed by atoms with Crippen molar-refractivity contribution in [2.45, 2.75) is 11.7 Å². The fraction of sp³-hybridized carbons (Fsp3) is 0.211. The van der Waals surface area contributed by atoms with E-state index in [1.807, 2.05) is 73.6 Å². The third-order valence-corrected chi connectivity index (χ3v) is 4.88. The van der Waals surface area contributed by atoms with Crippen LogP contribution in [0.25, 0.3) is 0 Å². The Kier molecular flexibility index (Phi) is 5.50. The van der Waals surface area contributed by atoms with E-state index in [2.05, 4.69) is 15.5 Å². The van der Waals surface area contributed by atoms with Crippen LogP contribution in [0.3, 0.4) is 0 Å². The number of amidine groups is 1. The first-order chi connectivity index (χ1) is 12.1. The highest BCUT2D eigenvalue weighted by Crippen LogP contribution is 2.23. The normalized spacial score (nSPS) is 18.7. The summed E-state index contributed by atoms with van der Waals surface area (Å²) < 4.78 is 0. The van der Waals surface area contributed by atoms with E-state index < -0.39 is 0 Å². The van der Waals surface area contributed by atoms with Gasteiger partial charge in [0, 0.05) is 19.8 Å². The van der Waals surface area contributed by atoms with Crippen molar-refractivity contribution in [3.05, 3.63) is 65.7 Å². The van der Waals surface area contributed by atoms with Gasteiger partial charge in [0.1, 0.15) is 0 Å². The molecule has 1 amide bonds. The van der Waals surface area contributed by atoms with Gasteiger partial charge in [-0.05, 0) is 29.7 Å². The van der Waals surface area contributed by atoms with Crippen LogP contribution in [0.1, 0.15) is 11.1 Å². The highest BCUT2D eigenvalue weighted by Gasteiger charge is 2.30. The van der Waals surface area contributed by atoms with Crippen molar-refractivity contribution in [1.82, 2.24) is 5.32 Å². The number of thioether (sulfide) groups is 1. The Bertz CT molecular complexity index is 785. The van der Waals surface area contributed by atoms with Gasteiger partial charge < -0.3 is 10.2 Å². The number of amides is 1. The second-order valence-corrected chi connectivity index (χ2v) is 7.11. The molecule has 5 nitrogen and oxygen atoms in total. The van der Waals surface area contributed by atoms with Crippen LogP contribution < -0.4 is 10.2 Å². The number of hydrogen-bond acceptors (Lipinski definition) is 5. The molecule has 2 aromatic rings. The van der Waals surface area contributed by atoms with Crippen LogP contribution in [0.2, 0.25) is 0 Å². The minimum atomic E-state index is -0.157. The minimum absolute atomic E-state index is 0.0156. The second kappa shape index (κ2) is 7.98. The summed E-state index contributed by atoms with van der Waals surface area (Å²) in [6.07, 6.45) is 2.37. The van der Waals surface area contributed by atoms with Crippen LogP contribution >= 0.6 is 11.8 Å². The molecule has 2 aromatic carbocycles. The van der Waals surface area contributed by atoms with Crippen LogP contribution in [-0.4, -0.2) is 36.6 Å². The van der Waals surface area contributed by atoms with Gasteiger partial charge in [-0.25, -0.2) is 0 Å². The molecule has 0 saturated carbocycles. The number of anilines is 1. The molecule has 1 heterocycles. The van der Waals surface area contributed by atoms with Gasteiger partial charge in [-0.2, -0.15) is 5.10 Å². The van der Waals surface area contributed by atoms with Gasteiger partial charge in [-0.15, -0.1) is 5.10 Å². The van der Waals surface area contributed by atoms with Gasteiger partial charge in [0.25, 0.3) is 0 Å². The number of nitrogens with zero attached hydrogens (tertiary/aromatic N) is 3. The van der Waals surface area contributed by atoms with Crippen LogP contribution in [0.15, 0.2) is 64.8 Å². The average molecular weight is 352 g/mol. The Morgan fingerprint density at radius 2 is 1.84 bits per heavy atom. The van der Waals surface area contributed by atoms with Gasteiger partial charge >= 0.3 is 0 Å². The number of benzene rings is 2. The zero-order valence-corrected chi connectivity index (χ0v) is 15.0. The fourth-order valence-corrected chi connectivity index (χ4v) is 3.39. The Labute approximate surface area is 151 Å². The van der Waals surface area contributed by atoms with E-state index in [9.17, 15) is 4.79 Å². The summed E-state index contributed by atoms with van der Waals surface area (Å²) in [6, 6.07) is 18.0. The summed E-state index contributed by atoms with van der Waals surface area (Å²) in [4.78, 5) is 14.1. The molecule has 0 spiro atoms. The fourth-order valence-electron chi connectivity index (χ4n) is 2.42. The average Bonchev–Trinajstić information content (AvgIpc) is 2.96. The molecule has 1 aliphatic rings. The zero-order chi connectivity index (χ0) is 17.6. The van der Waals surface area contributed by atoms with Gasteiger partial charge in [0.2, 0.25) is 5.91 Å². The maximum absolute atomic E-state index is 12.1. The quantitative estimate of drug-likeness (QED) is 0.665. The summed E-state index contributed by atoms with van der Waals surface area (Å²) in [5, 5.41) is 11.4. The standard InChI is InChI=1S/C19H20N4OS/c1-23(2)16-10-8-15(9-11-16)13-20-22-19-21-18(24)17(25-19)12-14-6-4-3-5-7-14/h3-11,13,17H,12H2,1-2H3,(H,21,22,24)/b20-13+. The molecule has 0 aliphatic carbocycles. The molecule has 1 saturated heterocycles. The van der Waals surface area contributed by atoms with E-state index in [0.29, 0.717) is 11.6 Å².